The number of rotatable bonds is 13. The van der Waals surface area contributed by atoms with Gasteiger partial charge in [0, 0.05) is 26.4 Å². The lowest BCUT2D eigenvalue weighted by atomic mass is 9.84. The van der Waals surface area contributed by atoms with Crippen molar-refractivity contribution in [3.63, 3.8) is 0 Å². The van der Waals surface area contributed by atoms with E-state index in [1.54, 1.807) is 14.2 Å². The third-order valence-electron chi connectivity index (χ3n) is 6.23. The standard InChI is InChI=1S/C27H37N5O3/c1-6-21-13-19(3)22(14-18(21)2)17-30-26-24(15-28)25(31-27(32-26)35-12-11-33-4)29-16-20-7-9-23(34-5)10-8-20/h7-10,13,15,18,28H,6,11-12,14,16-17H2,1-5H3,(H2,29,30,31,32). The van der Waals surface area contributed by atoms with Crippen LogP contribution in [0.4, 0.5) is 11.6 Å². The van der Waals surface area contributed by atoms with Crippen molar-refractivity contribution in [3.05, 3.63) is 58.2 Å². The first-order chi connectivity index (χ1) is 17.0. The Morgan fingerprint density at radius 1 is 1.06 bits per heavy atom. The molecule has 2 aromatic rings. The molecule has 1 unspecified atom stereocenters. The van der Waals surface area contributed by atoms with Crippen molar-refractivity contribution in [2.75, 3.05) is 44.6 Å². The molecule has 0 bridgehead atoms. The lowest BCUT2D eigenvalue weighted by Crippen LogP contribution is -2.17. The number of nitrogens with zero attached hydrogens (tertiary/aromatic N) is 2. The molecule has 8 heteroatoms. The van der Waals surface area contributed by atoms with E-state index in [4.69, 9.17) is 19.6 Å². The van der Waals surface area contributed by atoms with Crippen LogP contribution in [0.5, 0.6) is 11.8 Å². The normalized spacial score (nSPS) is 15.5. The molecule has 0 amide bonds. The molecule has 188 valence electrons. The average Bonchev–Trinajstić information content (AvgIpc) is 2.88. The number of hydrogen-bond acceptors (Lipinski definition) is 8. The van der Waals surface area contributed by atoms with Gasteiger partial charge in [-0.1, -0.05) is 43.2 Å². The van der Waals surface area contributed by atoms with Crippen LogP contribution in [0.1, 0.15) is 44.7 Å². The number of methoxy groups -OCH3 is 2. The van der Waals surface area contributed by atoms with Gasteiger partial charge in [0.1, 0.15) is 24.0 Å². The van der Waals surface area contributed by atoms with Gasteiger partial charge < -0.3 is 30.3 Å². The molecule has 1 heterocycles. The third-order valence-corrected chi connectivity index (χ3v) is 6.23. The lowest BCUT2D eigenvalue weighted by molar-refractivity contribution is 0.141. The number of hydrogen-bond donors (Lipinski definition) is 3. The van der Waals surface area contributed by atoms with Crippen LogP contribution in [-0.4, -0.2) is 50.2 Å². The van der Waals surface area contributed by atoms with Gasteiger partial charge in [0.05, 0.1) is 19.3 Å². The zero-order valence-corrected chi connectivity index (χ0v) is 21.4. The van der Waals surface area contributed by atoms with Crippen molar-refractivity contribution in [1.82, 2.24) is 9.97 Å². The van der Waals surface area contributed by atoms with E-state index in [1.807, 2.05) is 24.3 Å². The van der Waals surface area contributed by atoms with Crippen LogP contribution < -0.4 is 20.1 Å². The predicted octanol–water partition coefficient (Wildman–Crippen LogP) is 5.22. The highest BCUT2D eigenvalue weighted by molar-refractivity contribution is 5.91. The molecule has 1 aromatic carbocycles. The van der Waals surface area contributed by atoms with E-state index in [1.165, 1.54) is 22.9 Å². The van der Waals surface area contributed by atoms with Gasteiger partial charge in [-0.05, 0) is 49.0 Å². The van der Waals surface area contributed by atoms with E-state index in [-0.39, 0.29) is 6.01 Å². The molecule has 0 fully saturated rings. The van der Waals surface area contributed by atoms with E-state index in [0.29, 0.717) is 49.4 Å². The monoisotopic (exact) mass is 479 g/mol. The van der Waals surface area contributed by atoms with Crippen molar-refractivity contribution < 1.29 is 14.2 Å². The van der Waals surface area contributed by atoms with Gasteiger partial charge in [-0.3, -0.25) is 0 Å². The smallest absolute Gasteiger partial charge is 0.320 e. The first-order valence-electron chi connectivity index (χ1n) is 12.0. The molecule has 35 heavy (non-hydrogen) atoms. The van der Waals surface area contributed by atoms with E-state index in [0.717, 1.165) is 24.2 Å². The Morgan fingerprint density at radius 3 is 2.34 bits per heavy atom. The molecule has 3 rings (SSSR count). The van der Waals surface area contributed by atoms with Crippen LogP contribution in [0.2, 0.25) is 0 Å². The van der Waals surface area contributed by atoms with Crippen molar-refractivity contribution in [1.29, 1.82) is 5.41 Å². The van der Waals surface area contributed by atoms with E-state index in [2.05, 4.69) is 47.4 Å². The van der Waals surface area contributed by atoms with Gasteiger partial charge in [-0.15, -0.1) is 0 Å². The average molecular weight is 480 g/mol. The number of aromatic nitrogens is 2. The quantitative estimate of drug-likeness (QED) is 0.267. The van der Waals surface area contributed by atoms with Crippen LogP contribution in [0.25, 0.3) is 0 Å². The van der Waals surface area contributed by atoms with Crippen LogP contribution in [0.3, 0.4) is 0 Å². The first kappa shape index (κ1) is 26.2. The fourth-order valence-corrected chi connectivity index (χ4v) is 4.10. The van der Waals surface area contributed by atoms with Gasteiger partial charge in [-0.25, -0.2) is 0 Å². The molecule has 8 nitrogen and oxygen atoms in total. The third kappa shape index (κ3) is 7.05. The number of ether oxygens (including phenoxy) is 3. The van der Waals surface area contributed by atoms with Crippen molar-refractivity contribution in [3.8, 4) is 11.8 Å². The van der Waals surface area contributed by atoms with Gasteiger partial charge >= 0.3 is 6.01 Å². The summed E-state index contributed by atoms with van der Waals surface area (Å²) >= 11 is 0. The number of benzene rings is 1. The largest absolute Gasteiger partial charge is 0.497 e. The van der Waals surface area contributed by atoms with Gasteiger partial charge in [0.25, 0.3) is 0 Å². The van der Waals surface area contributed by atoms with Crippen molar-refractivity contribution >= 4 is 17.9 Å². The summed E-state index contributed by atoms with van der Waals surface area (Å²) in [5.74, 6) is 2.44. The van der Waals surface area contributed by atoms with Gasteiger partial charge in [-0.2, -0.15) is 9.97 Å². The minimum absolute atomic E-state index is 0.239. The van der Waals surface area contributed by atoms with Crippen LogP contribution in [-0.2, 0) is 11.3 Å². The Hall–Kier alpha value is -3.39. The molecule has 1 aliphatic carbocycles. The summed E-state index contributed by atoms with van der Waals surface area (Å²) in [5, 5.41) is 14.8. The second-order valence-corrected chi connectivity index (χ2v) is 8.62. The maximum Gasteiger partial charge on any atom is 0.320 e. The van der Waals surface area contributed by atoms with Gasteiger partial charge in [0.2, 0.25) is 0 Å². The molecule has 0 saturated carbocycles. The molecule has 0 aliphatic heterocycles. The highest BCUT2D eigenvalue weighted by atomic mass is 16.5. The zero-order chi connectivity index (χ0) is 25.2. The second-order valence-electron chi connectivity index (χ2n) is 8.62. The van der Waals surface area contributed by atoms with E-state index >= 15 is 0 Å². The Bertz CT molecular complexity index is 1060. The van der Waals surface area contributed by atoms with E-state index < -0.39 is 0 Å². The summed E-state index contributed by atoms with van der Waals surface area (Å²) in [5.41, 5.74) is 5.79. The maximum absolute atomic E-state index is 8.06. The Kier molecular flexibility index (Phi) is 9.66. The molecule has 0 radical (unpaired) electrons. The molecule has 1 atom stereocenters. The summed E-state index contributed by atoms with van der Waals surface area (Å²) < 4.78 is 16.1. The molecule has 1 aliphatic rings. The Morgan fingerprint density at radius 2 is 1.74 bits per heavy atom. The molecular formula is C27H37N5O3. The van der Waals surface area contributed by atoms with Crippen molar-refractivity contribution in [2.24, 2.45) is 5.92 Å². The molecule has 3 N–H and O–H groups in total. The summed E-state index contributed by atoms with van der Waals surface area (Å²) in [6.07, 6.45) is 5.68. The molecule has 1 aromatic heterocycles. The summed E-state index contributed by atoms with van der Waals surface area (Å²) in [6, 6.07) is 8.05. The predicted molar refractivity (Wildman–Crippen MR) is 141 cm³/mol. The zero-order valence-electron chi connectivity index (χ0n) is 21.4. The Balaban J connectivity index is 1.83. The summed E-state index contributed by atoms with van der Waals surface area (Å²) in [7, 11) is 3.27. The summed E-state index contributed by atoms with van der Waals surface area (Å²) in [6.45, 7) is 8.60. The first-order valence-corrected chi connectivity index (χ1v) is 12.0. The summed E-state index contributed by atoms with van der Waals surface area (Å²) in [4.78, 5) is 9.10. The highest BCUT2D eigenvalue weighted by Crippen LogP contribution is 2.31. The van der Waals surface area contributed by atoms with Crippen LogP contribution in [0.15, 0.2) is 47.1 Å². The van der Waals surface area contributed by atoms with Crippen LogP contribution in [0, 0.1) is 11.3 Å². The Labute approximate surface area is 208 Å². The maximum atomic E-state index is 8.06. The SMILES string of the molecule is CCC1=CC(C)=C(CNc2nc(OCCOC)nc(NCc3ccc(OC)cc3)c2C=N)CC1C. The minimum Gasteiger partial charge on any atom is -0.497 e. The molecular weight excluding hydrogens is 442 g/mol. The molecule has 0 spiro atoms. The lowest BCUT2D eigenvalue weighted by Gasteiger charge is -2.25. The fourth-order valence-electron chi connectivity index (χ4n) is 4.10. The second kappa shape index (κ2) is 12.9. The fraction of sp³-hybridized carbons (Fsp3) is 0.444. The van der Waals surface area contributed by atoms with Gasteiger partial charge in [0.15, 0.2) is 0 Å². The number of allylic oxidation sites excluding steroid dienone is 3. The number of anilines is 2. The van der Waals surface area contributed by atoms with Crippen LogP contribution >= 0.6 is 0 Å². The topological polar surface area (TPSA) is 101 Å². The van der Waals surface area contributed by atoms with E-state index in [9.17, 15) is 0 Å². The number of nitrogens with one attached hydrogen (secondary N) is 3. The minimum atomic E-state index is 0.239. The highest BCUT2D eigenvalue weighted by Gasteiger charge is 2.19. The molecule has 0 saturated heterocycles. The van der Waals surface area contributed by atoms with Crippen molar-refractivity contribution in [2.45, 2.75) is 40.2 Å².